The van der Waals surface area contributed by atoms with Gasteiger partial charge in [-0.05, 0) is 35.9 Å². The second kappa shape index (κ2) is 5.02. The number of hydrogen-bond donors (Lipinski definition) is 0. The van der Waals surface area contributed by atoms with E-state index in [1.165, 1.54) is 18.2 Å². The van der Waals surface area contributed by atoms with Gasteiger partial charge in [0, 0.05) is 15.6 Å². The molecule has 0 atom stereocenters. The summed E-state index contributed by atoms with van der Waals surface area (Å²) in [5, 5.41) is 0.507. The maximum atomic E-state index is 13.3. The zero-order valence-corrected chi connectivity index (χ0v) is 10.7. The van der Waals surface area contributed by atoms with E-state index < -0.39 is 17.6 Å². The zero-order valence-electron chi connectivity index (χ0n) is 9.23. The first-order valence-electron chi connectivity index (χ1n) is 5.10. The number of benzene rings is 2. The topological polar surface area (TPSA) is 0 Å². The number of rotatable bonds is 1. The van der Waals surface area contributed by atoms with Gasteiger partial charge in [0.2, 0.25) is 0 Å². The SMILES string of the molecule is Fc1cc(-c2ccc(Cl)cc2Cl)cc(C(F)(F)F)c1. The third-order valence-corrected chi connectivity index (χ3v) is 3.02. The van der Waals surface area contributed by atoms with Crippen LogP contribution in [0.5, 0.6) is 0 Å². The Morgan fingerprint density at radius 2 is 1.58 bits per heavy atom. The lowest BCUT2D eigenvalue weighted by atomic mass is 10.0. The van der Waals surface area contributed by atoms with Crippen LogP contribution in [0.2, 0.25) is 10.0 Å². The quantitative estimate of drug-likeness (QED) is 0.582. The van der Waals surface area contributed by atoms with E-state index in [9.17, 15) is 17.6 Å². The summed E-state index contributed by atoms with van der Waals surface area (Å²) in [5.74, 6) is -0.976. The minimum absolute atomic E-state index is 0.0500. The Kier molecular flexibility index (Phi) is 3.74. The van der Waals surface area contributed by atoms with E-state index in [0.717, 1.165) is 12.1 Å². The lowest BCUT2D eigenvalue weighted by molar-refractivity contribution is -0.137. The van der Waals surface area contributed by atoms with E-state index >= 15 is 0 Å². The fourth-order valence-electron chi connectivity index (χ4n) is 1.63. The van der Waals surface area contributed by atoms with Gasteiger partial charge in [0.25, 0.3) is 0 Å². The largest absolute Gasteiger partial charge is 0.416 e. The molecule has 2 rings (SSSR count). The van der Waals surface area contributed by atoms with Crippen LogP contribution in [0.4, 0.5) is 17.6 Å². The summed E-state index contributed by atoms with van der Waals surface area (Å²) >= 11 is 11.6. The van der Waals surface area contributed by atoms with E-state index in [1.54, 1.807) is 0 Å². The van der Waals surface area contributed by atoms with Crippen molar-refractivity contribution in [2.75, 3.05) is 0 Å². The molecule has 19 heavy (non-hydrogen) atoms. The summed E-state index contributed by atoms with van der Waals surface area (Å²) in [4.78, 5) is 0. The molecule has 0 unspecified atom stereocenters. The third kappa shape index (κ3) is 3.19. The Balaban J connectivity index is 2.59. The van der Waals surface area contributed by atoms with Gasteiger partial charge in [0.05, 0.1) is 5.56 Å². The number of halogens is 6. The molecule has 6 heteroatoms. The summed E-state index contributed by atoms with van der Waals surface area (Å²) in [6.45, 7) is 0. The Morgan fingerprint density at radius 3 is 2.16 bits per heavy atom. The summed E-state index contributed by atoms with van der Waals surface area (Å²) < 4.78 is 51.1. The van der Waals surface area contributed by atoms with Crippen LogP contribution in [0.1, 0.15) is 5.56 Å². The highest BCUT2D eigenvalue weighted by Gasteiger charge is 2.31. The van der Waals surface area contributed by atoms with E-state index in [0.29, 0.717) is 11.1 Å². The summed E-state index contributed by atoms with van der Waals surface area (Å²) in [5.41, 5.74) is -0.724. The summed E-state index contributed by atoms with van der Waals surface area (Å²) in [7, 11) is 0. The van der Waals surface area contributed by atoms with E-state index in [1.807, 2.05) is 0 Å². The lowest BCUT2D eigenvalue weighted by Gasteiger charge is -2.10. The average molecular weight is 309 g/mol. The fourth-order valence-corrected chi connectivity index (χ4v) is 2.15. The maximum Gasteiger partial charge on any atom is 0.416 e. The molecule has 0 amide bonds. The molecule has 0 aliphatic carbocycles. The molecule has 0 bridgehead atoms. The molecule has 0 aromatic heterocycles. The van der Waals surface area contributed by atoms with Gasteiger partial charge >= 0.3 is 6.18 Å². The van der Waals surface area contributed by atoms with Gasteiger partial charge in [0.15, 0.2) is 0 Å². The number of alkyl halides is 3. The molecule has 0 saturated heterocycles. The average Bonchev–Trinajstić information content (AvgIpc) is 2.26. The molecule has 0 N–H and O–H groups in total. The smallest absolute Gasteiger partial charge is 0.207 e. The van der Waals surface area contributed by atoms with Crippen molar-refractivity contribution in [3.63, 3.8) is 0 Å². The zero-order chi connectivity index (χ0) is 14.2. The molecule has 0 radical (unpaired) electrons. The van der Waals surface area contributed by atoms with Crippen LogP contribution in [-0.2, 0) is 6.18 Å². The van der Waals surface area contributed by atoms with Crippen LogP contribution in [-0.4, -0.2) is 0 Å². The van der Waals surface area contributed by atoms with Crippen molar-refractivity contribution in [3.05, 3.63) is 57.8 Å². The molecule has 0 spiro atoms. The highest BCUT2D eigenvalue weighted by atomic mass is 35.5. The molecule has 100 valence electrons. The van der Waals surface area contributed by atoms with E-state index in [2.05, 4.69) is 0 Å². The molecule has 2 aromatic carbocycles. The Hall–Kier alpha value is -1.26. The van der Waals surface area contributed by atoms with E-state index in [-0.39, 0.29) is 16.1 Å². The summed E-state index contributed by atoms with van der Waals surface area (Å²) in [6, 6.07) is 6.58. The summed E-state index contributed by atoms with van der Waals surface area (Å²) in [6.07, 6.45) is -4.62. The molecule has 0 nitrogen and oxygen atoms in total. The lowest BCUT2D eigenvalue weighted by Crippen LogP contribution is -2.05. The van der Waals surface area contributed by atoms with Crippen LogP contribution < -0.4 is 0 Å². The Morgan fingerprint density at radius 1 is 0.895 bits per heavy atom. The van der Waals surface area contributed by atoms with Gasteiger partial charge in [-0.25, -0.2) is 4.39 Å². The van der Waals surface area contributed by atoms with Crippen LogP contribution in [0, 0.1) is 5.82 Å². The highest BCUT2D eigenvalue weighted by molar-refractivity contribution is 6.36. The minimum Gasteiger partial charge on any atom is -0.207 e. The molecule has 0 heterocycles. The minimum atomic E-state index is -4.62. The third-order valence-electron chi connectivity index (χ3n) is 2.47. The van der Waals surface area contributed by atoms with Crippen molar-refractivity contribution in [2.24, 2.45) is 0 Å². The van der Waals surface area contributed by atoms with Gasteiger partial charge in [-0.1, -0.05) is 29.3 Å². The molecule has 0 aliphatic heterocycles. The van der Waals surface area contributed by atoms with Crippen molar-refractivity contribution in [3.8, 4) is 11.1 Å². The first-order chi connectivity index (χ1) is 8.77. The molecule has 2 aromatic rings. The predicted molar refractivity (Wildman–Crippen MR) is 66.9 cm³/mol. The molecule has 0 fully saturated rings. The second-order valence-corrected chi connectivity index (χ2v) is 4.69. The van der Waals surface area contributed by atoms with Crippen LogP contribution in [0.3, 0.4) is 0 Å². The van der Waals surface area contributed by atoms with Gasteiger partial charge in [-0.2, -0.15) is 13.2 Å². The Bertz CT molecular complexity index is 621. The molecular weight excluding hydrogens is 303 g/mol. The van der Waals surface area contributed by atoms with E-state index in [4.69, 9.17) is 23.2 Å². The van der Waals surface area contributed by atoms with Gasteiger partial charge in [-0.15, -0.1) is 0 Å². The number of hydrogen-bond acceptors (Lipinski definition) is 0. The first-order valence-corrected chi connectivity index (χ1v) is 5.86. The fraction of sp³-hybridized carbons (Fsp3) is 0.0769. The molecule has 0 aliphatic rings. The predicted octanol–water partition coefficient (Wildman–Crippen LogP) is 5.82. The van der Waals surface area contributed by atoms with Gasteiger partial charge < -0.3 is 0 Å². The van der Waals surface area contributed by atoms with Gasteiger partial charge in [0.1, 0.15) is 5.82 Å². The normalized spacial score (nSPS) is 11.7. The van der Waals surface area contributed by atoms with Crippen molar-refractivity contribution in [1.29, 1.82) is 0 Å². The van der Waals surface area contributed by atoms with Crippen molar-refractivity contribution in [2.45, 2.75) is 6.18 Å². The van der Waals surface area contributed by atoms with Crippen molar-refractivity contribution in [1.82, 2.24) is 0 Å². The molecule has 0 saturated carbocycles. The van der Waals surface area contributed by atoms with Crippen molar-refractivity contribution >= 4 is 23.2 Å². The van der Waals surface area contributed by atoms with Crippen LogP contribution in [0.15, 0.2) is 36.4 Å². The second-order valence-electron chi connectivity index (χ2n) is 3.85. The van der Waals surface area contributed by atoms with Crippen LogP contribution in [0.25, 0.3) is 11.1 Å². The van der Waals surface area contributed by atoms with Crippen LogP contribution >= 0.6 is 23.2 Å². The highest BCUT2D eigenvalue weighted by Crippen LogP contribution is 2.36. The Labute approximate surface area is 116 Å². The van der Waals surface area contributed by atoms with Gasteiger partial charge in [-0.3, -0.25) is 0 Å². The first kappa shape index (κ1) is 14.2. The van der Waals surface area contributed by atoms with Crippen molar-refractivity contribution < 1.29 is 17.6 Å². The maximum absolute atomic E-state index is 13.3. The monoisotopic (exact) mass is 308 g/mol. The molecular formula is C13H6Cl2F4. The standard InChI is InChI=1S/C13H6Cl2F4/c14-9-1-2-11(12(15)6-9)7-3-8(13(17,18)19)5-10(16)4-7/h1-6H.